The van der Waals surface area contributed by atoms with Gasteiger partial charge >= 0.3 is 0 Å². The molecule has 2 heteroatoms. The molecule has 2 rings (SSSR count). The molecule has 0 aliphatic rings. The van der Waals surface area contributed by atoms with Crippen molar-refractivity contribution in [1.82, 2.24) is 0 Å². The lowest BCUT2D eigenvalue weighted by atomic mass is 10.2. The van der Waals surface area contributed by atoms with Gasteiger partial charge in [0.1, 0.15) is 6.54 Å². The van der Waals surface area contributed by atoms with Gasteiger partial charge in [0.05, 0.1) is 4.88 Å². The highest BCUT2D eigenvalue weighted by atomic mass is 32.1. The van der Waals surface area contributed by atoms with Crippen LogP contribution in [0.15, 0.2) is 47.5 Å². The predicted molar refractivity (Wildman–Crippen MR) is 74.8 cm³/mol. The quantitative estimate of drug-likeness (QED) is 0.561. The molecule has 0 aliphatic carbocycles. The smallest absolute Gasteiger partial charge is 0.100 e. The van der Waals surface area contributed by atoms with E-state index in [1.165, 1.54) is 4.88 Å². The van der Waals surface area contributed by atoms with Crippen LogP contribution in [0.25, 0.3) is 0 Å². The third-order valence-corrected chi connectivity index (χ3v) is 3.08. The number of thiophene rings is 1. The normalized spacial score (nSPS) is 10.2. The molecule has 84 valence electrons. The van der Waals surface area contributed by atoms with Gasteiger partial charge in [-0.3, -0.25) is 4.99 Å². The van der Waals surface area contributed by atoms with E-state index in [-0.39, 0.29) is 0 Å². The lowest BCUT2D eigenvalue weighted by Gasteiger charge is -1.88. The first-order chi connectivity index (χ1) is 8.34. The molecule has 0 aliphatic heterocycles. The Morgan fingerprint density at radius 1 is 1.18 bits per heavy atom. The summed E-state index contributed by atoms with van der Waals surface area (Å²) in [5, 5.41) is 0. The molecule has 0 radical (unpaired) electrons. The maximum atomic E-state index is 4.27. The summed E-state index contributed by atoms with van der Waals surface area (Å²) < 4.78 is 0. The molecule has 1 heterocycles. The fourth-order valence-electron chi connectivity index (χ4n) is 1.36. The van der Waals surface area contributed by atoms with Crippen molar-refractivity contribution in [2.45, 2.75) is 6.92 Å². The van der Waals surface area contributed by atoms with E-state index in [9.17, 15) is 0 Å². The molecule has 1 aromatic carbocycles. The number of aryl methyl sites for hydroxylation is 1. The molecule has 0 saturated carbocycles. The van der Waals surface area contributed by atoms with Crippen molar-refractivity contribution in [2.75, 3.05) is 6.54 Å². The summed E-state index contributed by atoms with van der Waals surface area (Å²) in [4.78, 5) is 6.67. The molecule has 0 bridgehead atoms. The van der Waals surface area contributed by atoms with E-state index in [2.05, 4.69) is 29.8 Å². The van der Waals surface area contributed by atoms with E-state index >= 15 is 0 Å². The summed E-state index contributed by atoms with van der Waals surface area (Å²) in [5.74, 6) is 6.15. The number of hydrogen-bond donors (Lipinski definition) is 0. The van der Waals surface area contributed by atoms with Gasteiger partial charge in [0, 0.05) is 11.1 Å². The van der Waals surface area contributed by atoms with Crippen molar-refractivity contribution in [1.29, 1.82) is 0 Å². The van der Waals surface area contributed by atoms with Crippen molar-refractivity contribution >= 4 is 17.6 Å². The second-order valence-corrected chi connectivity index (χ2v) is 4.88. The summed E-state index contributed by atoms with van der Waals surface area (Å²) in [5.41, 5.74) is 1.11. The number of rotatable bonds is 2. The molecule has 2 aromatic rings. The average molecular weight is 239 g/mol. The molecular weight excluding hydrogens is 226 g/mol. The topological polar surface area (TPSA) is 12.4 Å². The SMILES string of the molecule is Cc1ccc(C#CC/N=C/c2ccccc2)s1. The number of hydrogen-bond acceptors (Lipinski definition) is 2. The molecule has 1 aromatic heterocycles. The molecule has 0 spiro atoms. The molecule has 17 heavy (non-hydrogen) atoms. The minimum Gasteiger partial charge on any atom is -0.280 e. The zero-order chi connectivity index (χ0) is 11.9. The Labute approximate surface area is 106 Å². The molecule has 1 nitrogen and oxygen atoms in total. The van der Waals surface area contributed by atoms with Crippen molar-refractivity contribution in [3.05, 3.63) is 57.8 Å². The second-order valence-electron chi connectivity index (χ2n) is 3.59. The molecule has 0 N–H and O–H groups in total. The van der Waals surface area contributed by atoms with Gasteiger partial charge in [-0.15, -0.1) is 11.3 Å². The van der Waals surface area contributed by atoms with Crippen molar-refractivity contribution < 1.29 is 0 Å². The summed E-state index contributed by atoms with van der Waals surface area (Å²) in [6.45, 7) is 2.63. The van der Waals surface area contributed by atoms with Gasteiger partial charge in [0.15, 0.2) is 0 Å². The van der Waals surface area contributed by atoms with Gasteiger partial charge in [-0.2, -0.15) is 0 Å². The zero-order valence-electron chi connectivity index (χ0n) is 9.68. The molecule has 0 fully saturated rings. The van der Waals surface area contributed by atoms with Gasteiger partial charge in [0.25, 0.3) is 0 Å². The van der Waals surface area contributed by atoms with Crippen LogP contribution in [0.5, 0.6) is 0 Å². The van der Waals surface area contributed by atoms with Crippen molar-refractivity contribution in [3.8, 4) is 11.8 Å². The number of benzene rings is 1. The van der Waals surface area contributed by atoms with Crippen LogP contribution in [0.2, 0.25) is 0 Å². The first kappa shape index (κ1) is 11.6. The van der Waals surface area contributed by atoms with Gasteiger partial charge in [0.2, 0.25) is 0 Å². The minimum atomic E-state index is 0.547. The van der Waals surface area contributed by atoms with E-state index in [0.29, 0.717) is 6.54 Å². The summed E-state index contributed by atoms with van der Waals surface area (Å²) >= 11 is 1.72. The molecule has 0 saturated heterocycles. The van der Waals surface area contributed by atoms with Crippen molar-refractivity contribution in [3.63, 3.8) is 0 Å². The summed E-state index contributed by atoms with van der Waals surface area (Å²) in [6, 6.07) is 14.2. The van der Waals surface area contributed by atoms with E-state index in [0.717, 1.165) is 10.4 Å². The Hall–Kier alpha value is -1.85. The Balaban J connectivity index is 1.88. The fraction of sp³-hybridized carbons (Fsp3) is 0.133. The third-order valence-electron chi connectivity index (χ3n) is 2.16. The van der Waals surface area contributed by atoms with Gasteiger partial charge in [-0.25, -0.2) is 0 Å². The number of nitrogens with zero attached hydrogens (tertiary/aromatic N) is 1. The average Bonchev–Trinajstić information content (AvgIpc) is 2.76. The van der Waals surface area contributed by atoms with Crippen LogP contribution in [-0.2, 0) is 0 Å². The Morgan fingerprint density at radius 3 is 2.71 bits per heavy atom. The molecular formula is C15H13NS. The van der Waals surface area contributed by atoms with Crippen LogP contribution >= 0.6 is 11.3 Å². The van der Waals surface area contributed by atoms with Gasteiger partial charge in [-0.05, 0) is 24.6 Å². The minimum absolute atomic E-state index is 0.547. The summed E-state index contributed by atoms with van der Waals surface area (Å²) in [6.07, 6.45) is 1.86. The fourth-order valence-corrected chi connectivity index (χ4v) is 2.11. The predicted octanol–water partition coefficient (Wildman–Crippen LogP) is 3.53. The Morgan fingerprint density at radius 2 is 2.00 bits per heavy atom. The van der Waals surface area contributed by atoms with Crippen LogP contribution in [0.3, 0.4) is 0 Å². The molecule has 0 atom stereocenters. The summed E-state index contributed by atoms with van der Waals surface area (Å²) in [7, 11) is 0. The van der Waals surface area contributed by atoms with E-state index in [1.54, 1.807) is 11.3 Å². The Kier molecular flexibility index (Phi) is 4.12. The third kappa shape index (κ3) is 3.90. The maximum absolute atomic E-state index is 4.27. The molecule has 0 unspecified atom stereocenters. The maximum Gasteiger partial charge on any atom is 0.100 e. The van der Waals surface area contributed by atoms with Gasteiger partial charge in [-0.1, -0.05) is 42.2 Å². The van der Waals surface area contributed by atoms with Gasteiger partial charge < -0.3 is 0 Å². The first-order valence-electron chi connectivity index (χ1n) is 5.45. The zero-order valence-corrected chi connectivity index (χ0v) is 10.5. The van der Waals surface area contributed by atoms with Crippen LogP contribution in [0.1, 0.15) is 15.3 Å². The Bertz CT molecular complexity index is 555. The highest BCUT2D eigenvalue weighted by molar-refractivity contribution is 7.12. The van der Waals surface area contributed by atoms with E-state index in [4.69, 9.17) is 0 Å². The van der Waals surface area contributed by atoms with Crippen LogP contribution in [0.4, 0.5) is 0 Å². The second kappa shape index (κ2) is 6.03. The van der Waals surface area contributed by atoms with Crippen LogP contribution < -0.4 is 0 Å². The highest BCUT2D eigenvalue weighted by Gasteiger charge is 1.89. The number of aliphatic imine (C=N–C) groups is 1. The lowest BCUT2D eigenvalue weighted by Crippen LogP contribution is -1.81. The van der Waals surface area contributed by atoms with Crippen LogP contribution in [-0.4, -0.2) is 12.8 Å². The van der Waals surface area contributed by atoms with E-state index in [1.807, 2.05) is 42.6 Å². The highest BCUT2D eigenvalue weighted by Crippen LogP contribution is 2.12. The first-order valence-corrected chi connectivity index (χ1v) is 6.26. The monoisotopic (exact) mass is 239 g/mol. The van der Waals surface area contributed by atoms with Crippen molar-refractivity contribution in [2.24, 2.45) is 4.99 Å². The standard InChI is InChI=1S/C15H13NS/c1-13-9-10-15(17-13)8-5-11-16-12-14-6-3-2-4-7-14/h2-4,6-7,9-10,12H,11H2,1H3/b16-12+. The lowest BCUT2D eigenvalue weighted by molar-refractivity contribution is 1.30. The van der Waals surface area contributed by atoms with E-state index < -0.39 is 0 Å². The molecule has 0 amide bonds. The van der Waals surface area contributed by atoms with Crippen LogP contribution in [0, 0.1) is 18.8 Å². The largest absolute Gasteiger partial charge is 0.280 e.